The lowest BCUT2D eigenvalue weighted by Crippen LogP contribution is -2.39. The van der Waals surface area contributed by atoms with Crippen LogP contribution >= 0.6 is 0 Å². The predicted octanol–water partition coefficient (Wildman–Crippen LogP) is 0.0517. The largest absolute Gasteiger partial charge is 0.390 e. The summed E-state index contributed by atoms with van der Waals surface area (Å²) in [6.45, 7) is 9.57. The van der Waals surface area contributed by atoms with E-state index in [0.717, 1.165) is 39.4 Å². The molecule has 1 fully saturated rings. The van der Waals surface area contributed by atoms with E-state index >= 15 is 0 Å². The first-order valence-corrected chi connectivity index (χ1v) is 4.08. The van der Waals surface area contributed by atoms with Crippen LogP contribution in [0.25, 0.3) is 0 Å². The lowest BCUT2D eigenvalue weighted by Gasteiger charge is -2.26. The van der Waals surface area contributed by atoms with Gasteiger partial charge in [-0.25, -0.2) is 0 Å². The minimum Gasteiger partial charge on any atom is -0.390 e. The molecule has 0 aromatic carbocycles. The van der Waals surface area contributed by atoms with Gasteiger partial charge in [-0.05, 0) is 6.20 Å². The van der Waals surface area contributed by atoms with E-state index in [1.165, 1.54) is 0 Å². The molecule has 0 aliphatic carbocycles. The second kappa shape index (κ2) is 5.16. The van der Waals surface area contributed by atoms with Crippen molar-refractivity contribution in [3.8, 4) is 0 Å². The first-order valence-electron chi connectivity index (χ1n) is 4.08. The van der Waals surface area contributed by atoms with Crippen molar-refractivity contribution in [2.75, 3.05) is 39.4 Å². The van der Waals surface area contributed by atoms with Crippen LogP contribution in [-0.4, -0.2) is 44.3 Å². The van der Waals surface area contributed by atoms with Gasteiger partial charge in [0.2, 0.25) is 0 Å². The zero-order valence-corrected chi connectivity index (χ0v) is 6.88. The maximum absolute atomic E-state index is 5.22. The van der Waals surface area contributed by atoms with Gasteiger partial charge in [-0.15, -0.1) is 0 Å². The lowest BCUT2D eigenvalue weighted by molar-refractivity contribution is 0.0388. The van der Waals surface area contributed by atoms with Crippen molar-refractivity contribution in [3.05, 3.63) is 12.8 Å². The molecule has 0 unspecified atom stereocenters. The molecule has 0 aromatic rings. The molecule has 3 nitrogen and oxygen atoms in total. The molecule has 3 heteroatoms. The van der Waals surface area contributed by atoms with Gasteiger partial charge >= 0.3 is 0 Å². The van der Waals surface area contributed by atoms with E-state index in [4.69, 9.17) is 4.74 Å². The molecule has 1 saturated heterocycles. The van der Waals surface area contributed by atoms with E-state index < -0.39 is 0 Å². The third-order valence-corrected chi connectivity index (χ3v) is 1.82. The number of hydrogen-bond acceptors (Lipinski definition) is 3. The fourth-order valence-corrected chi connectivity index (χ4v) is 1.15. The van der Waals surface area contributed by atoms with Crippen LogP contribution < -0.4 is 5.32 Å². The average Bonchev–Trinajstić information content (AvgIpc) is 2.07. The van der Waals surface area contributed by atoms with Gasteiger partial charge in [0.05, 0.1) is 13.2 Å². The van der Waals surface area contributed by atoms with E-state index in [9.17, 15) is 0 Å². The van der Waals surface area contributed by atoms with Gasteiger partial charge in [-0.3, -0.25) is 4.90 Å². The topological polar surface area (TPSA) is 24.5 Å². The molecule has 0 amide bonds. The molecule has 0 aromatic heterocycles. The van der Waals surface area contributed by atoms with E-state index in [-0.39, 0.29) is 0 Å². The van der Waals surface area contributed by atoms with Gasteiger partial charge < -0.3 is 10.1 Å². The van der Waals surface area contributed by atoms with E-state index in [1.54, 1.807) is 6.20 Å². The Morgan fingerprint density at radius 3 is 2.82 bits per heavy atom. The Morgan fingerprint density at radius 1 is 1.45 bits per heavy atom. The normalized spacial score (nSPS) is 19.6. The van der Waals surface area contributed by atoms with Crippen molar-refractivity contribution >= 4 is 0 Å². The second-order valence-corrected chi connectivity index (χ2v) is 2.61. The van der Waals surface area contributed by atoms with Crippen molar-refractivity contribution in [1.82, 2.24) is 10.2 Å². The summed E-state index contributed by atoms with van der Waals surface area (Å²) in [7, 11) is 0. The molecule has 1 aliphatic rings. The minimum atomic E-state index is 0.883. The highest BCUT2D eigenvalue weighted by Crippen LogP contribution is 1.94. The summed E-state index contributed by atoms with van der Waals surface area (Å²) >= 11 is 0. The van der Waals surface area contributed by atoms with Crippen molar-refractivity contribution in [1.29, 1.82) is 0 Å². The smallest absolute Gasteiger partial charge is 0.0594 e. The van der Waals surface area contributed by atoms with Crippen LogP contribution in [0.1, 0.15) is 0 Å². The molecule has 0 spiro atoms. The van der Waals surface area contributed by atoms with Gasteiger partial charge in [0.1, 0.15) is 0 Å². The zero-order valence-electron chi connectivity index (χ0n) is 6.88. The Kier molecular flexibility index (Phi) is 4.01. The highest BCUT2D eigenvalue weighted by molar-refractivity contribution is 4.67. The maximum Gasteiger partial charge on any atom is 0.0594 e. The molecular formula is C8H16N2O. The molecule has 0 atom stereocenters. The summed E-state index contributed by atoms with van der Waals surface area (Å²) < 4.78 is 5.22. The lowest BCUT2D eigenvalue weighted by atomic mass is 10.4. The molecular weight excluding hydrogens is 140 g/mol. The molecule has 0 bridgehead atoms. The molecule has 11 heavy (non-hydrogen) atoms. The summed E-state index contributed by atoms with van der Waals surface area (Å²) in [6.07, 6.45) is 1.74. The Bertz CT molecular complexity index is 111. The molecule has 1 rings (SSSR count). The first kappa shape index (κ1) is 8.56. The second-order valence-electron chi connectivity index (χ2n) is 2.61. The van der Waals surface area contributed by atoms with Crippen LogP contribution in [0.3, 0.4) is 0 Å². The summed E-state index contributed by atoms with van der Waals surface area (Å²) in [4.78, 5) is 2.39. The van der Waals surface area contributed by atoms with Gasteiger partial charge in [-0.1, -0.05) is 6.58 Å². The number of rotatable bonds is 4. The van der Waals surface area contributed by atoms with Crippen molar-refractivity contribution in [2.45, 2.75) is 0 Å². The Hall–Kier alpha value is -0.540. The third kappa shape index (κ3) is 3.39. The van der Waals surface area contributed by atoms with Gasteiger partial charge in [0.15, 0.2) is 0 Å². The molecule has 1 heterocycles. The molecule has 64 valence electrons. The van der Waals surface area contributed by atoms with Gasteiger partial charge in [0.25, 0.3) is 0 Å². The number of nitrogens with zero attached hydrogens (tertiary/aromatic N) is 1. The maximum atomic E-state index is 5.22. The summed E-state index contributed by atoms with van der Waals surface area (Å²) in [5, 5.41) is 3.08. The van der Waals surface area contributed by atoms with Gasteiger partial charge in [0, 0.05) is 26.2 Å². The summed E-state index contributed by atoms with van der Waals surface area (Å²) in [6, 6.07) is 0. The minimum absolute atomic E-state index is 0.883. The highest BCUT2D eigenvalue weighted by Gasteiger charge is 2.08. The molecule has 1 aliphatic heterocycles. The number of ether oxygens (including phenoxy) is 1. The fourth-order valence-electron chi connectivity index (χ4n) is 1.15. The standard InChI is InChI=1S/C8H16N2O/c1-2-9-3-4-10-5-7-11-8-6-10/h2,9H,1,3-8H2. The van der Waals surface area contributed by atoms with E-state index in [2.05, 4.69) is 16.8 Å². The number of nitrogens with one attached hydrogen (secondary N) is 1. The Labute approximate surface area is 68.0 Å². The Morgan fingerprint density at radius 2 is 2.18 bits per heavy atom. The van der Waals surface area contributed by atoms with E-state index in [1.807, 2.05) is 0 Å². The zero-order chi connectivity index (χ0) is 7.94. The van der Waals surface area contributed by atoms with Gasteiger partial charge in [-0.2, -0.15) is 0 Å². The third-order valence-electron chi connectivity index (χ3n) is 1.82. The Balaban J connectivity index is 2.00. The predicted molar refractivity (Wildman–Crippen MR) is 45.5 cm³/mol. The van der Waals surface area contributed by atoms with Crippen LogP contribution in [0, 0.1) is 0 Å². The van der Waals surface area contributed by atoms with Crippen LogP contribution in [0.2, 0.25) is 0 Å². The highest BCUT2D eigenvalue weighted by atomic mass is 16.5. The number of hydrogen-bond donors (Lipinski definition) is 1. The van der Waals surface area contributed by atoms with Crippen LogP contribution in [0.5, 0.6) is 0 Å². The van der Waals surface area contributed by atoms with Crippen LogP contribution in [-0.2, 0) is 4.74 Å². The SMILES string of the molecule is C=CNCCN1CCOCC1. The van der Waals surface area contributed by atoms with Crippen molar-refractivity contribution in [3.63, 3.8) is 0 Å². The van der Waals surface area contributed by atoms with Crippen LogP contribution in [0.4, 0.5) is 0 Å². The summed E-state index contributed by atoms with van der Waals surface area (Å²) in [5.74, 6) is 0. The van der Waals surface area contributed by atoms with Crippen molar-refractivity contribution < 1.29 is 4.74 Å². The molecule has 1 N–H and O–H groups in total. The molecule has 0 saturated carbocycles. The van der Waals surface area contributed by atoms with Crippen molar-refractivity contribution in [2.24, 2.45) is 0 Å². The quantitative estimate of drug-likeness (QED) is 0.582. The monoisotopic (exact) mass is 156 g/mol. The molecule has 0 radical (unpaired) electrons. The summed E-state index contributed by atoms with van der Waals surface area (Å²) in [5.41, 5.74) is 0. The first-order chi connectivity index (χ1) is 5.43. The van der Waals surface area contributed by atoms with E-state index in [0.29, 0.717) is 0 Å². The number of morpholine rings is 1. The fraction of sp³-hybridized carbons (Fsp3) is 0.750. The van der Waals surface area contributed by atoms with Crippen LogP contribution in [0.15, 0.2) is 12.8 Å². The average molecular weight is 156 g/mol.